The monoisotopic (exact) mass is 198 g/mol. The molecule has 1 rings (SSSR count). The van der Waals surface area contributed by atoms with Crippen LogP contribution in [0, 0.1) is 5.92 Å². The van der Waals surface area contributed by atoms with E-state index in [2.05, 4.69) is 29.4 Å². The van der Waals surface area contributed by atoms with Gasteiger partial charge in [0.1, 0.15) is 0 Å². The van der Waals surface area contributed by atoms with Crippen LogP contribution in [0.2, 0.25) is 0 Å². The number of hydrogen-bond donors (Lipinski definition) is 2. The fourth-order valence-electron chi connectivity index (χ4n) is 1.02. The lowest BCUT2D eigenvalue weighted by molar-refractivity contribution is 0.502. The van der Waals surface area contributed by atoms with E-state index in [4.69, 9.17) is 10.2 Å². The van der Waals surface area contributed by atoms with Gasteiger partial charge in [-0.15, -0.1) is 5.10 Å². The average Bonchev–Trinajstić information content (AvgIpc) is 2.53. The van der Waals surface area contributed by atoms with E-state index in [1.54, 1.807) is 0 Å². The van der Waals surface area contributed by atoms with Crippen molar-refractivity contribution in [2.24, 2.45) is 11.7 Å². The van der Waals surface area contributed by atoms with Gasteiger partial charge in [-0.1, -0.05) is 18.9 Å². The van der Waals surface area contributed by atoms with Crippen LogP contribution in [0.4, 0.5) is 6.01 Å². The van der Waals surface area contributed by atoms with E-state index in [0.717, 1.165) is 13.0 Å². The van der Waals surface area contributed by atoms with Crippen molar-refractivity contribution < 1.29 is 4.42 Å². The Hall–Kier alpha value is -1.10. The van der Waals surface area contributed by atoms with Crippen molar-refractivity contribution in [2.45, 2.75) is 26.7 Å². The summed E-state index contributed by atoms with van der Waals surface area (Å²) in [7, 11) is 0. The molecule has 0 saturated heterocycles. The molecule has 0 spiro atoms. The molecule has 0 amide bonds. The molecule has 0 bridgehead atoms. The molecule has 0 saturated carbocycles. The van der Waals surface area contributed by atoms with Crippen LogP contribution in [0.3, 0.4) is 0 Å². The van der Waals surface area contributed by atoms with Gasteiger partial charge in [0.05, 0.1) is 0 Å². The molecule has 3 N–H and O–H groups in total. The summed E-state index contributed by atoms with van der Waals surface area (Å²) in [4.78, 5) is 0. The van der Waals surface area contributed by atoms with Crippen molar-refractivity contribution in [1.29, 1.82) is 0 Å². The summed E-state index contributed by atoms with van der Waals surface area (Å²) in [6.07, 6.45) is 1.73. The molecule has 5 nitrogen and oxygen atoms in total. The maximum absolute atomic E-state index is 5.36. The second-order valence-electron chi connectivity index (χ2n) is 3.65. The Kier molecular flexibility index (Phi) is 4.39. The van der Waals surface area contributed by atoms with Crippen LogP contribution in [0.15, 0.2) is 4.42 Å². The summed E-state index contributed by atoms with van der Waals surface area (Å²) >= 11 is 0. The fraction of sp³-hybridized carbons (Fsp3) is 0.778. The first kappa shape index (κ1) is 11.0. The summed E-state index contributed by atoms with van der Waals surface area (Å²) in [6, 6.07) is 0.495. The molecule has 14 heavy (non-hydrogen) atoms. The zero-order valence-corrected chi connectivity index (χ0v) is 8.79. The smallest absolute Gasteiger partial charge is 0.315 e. The third-order valence-electron chi connectivity index (χ3n) is 1.82. The van der Waals surface area contributed by atoms with Gasteiger partial charge in [0.15, 0.2) is 0 Å². The molecule has 0 unspecified atom stereocenters. The molecule has 0 aliphatic carbocycles. The third kappa shape index (κ3) is 3.74. The zero-order valence-electron chi connectivity index (χ0n) is 8.79. The normalized spacial score (nSPS) is 10.9. The zero-order chi connectivity index (χ0) is 10.4. The number of hydrogen-bond acceptors (Lipinski definition) is 5. The Morgan fingerprint density at radius 3 is 2.86 bits per heavy atom. The van der Waals surface area contributed by atoms with Gasteiger partial charge in [-0.25, -0.2) is 0 Å². The molecular weight excluding hydrogens is 180 g/mol. The minimum Gasteiger partial charge on any atom is -0.408 e. The van der Waals surface area contributed by atoms with E-state index >= 15 is 0 Å². The van der Waals surface area contributed by atoms with E-state index < -0.39 is 0 Å². The first-order valence-electron chi connectivity index (χ1n) is 4.98. The summed E-state index contributed by atoms with van der Waals surface area (Å²) in [6.45, 7) is 5.75. The van der Waals surface area contributed by atoms with Crippen LogP contribution >= 0.6 is 0 Å². The van der Waals surface area contributed by atoms with Crippen molar-refractivity contribution >= 4 is 6.01 Å². The van der Waals surface area contributed by atoms with Gasteiger partial charge in [-0.2, -0.15) is 0 Å². The lowest BCUT2D eigenvalue weighted by atomic mass is 10.1. The topological polar surface area (TPSA) is 77.0 Å². The molecule has 5 heteroatoms. The largest absolute Gasteiger partial charge is 0.408 e. The maximum atomic E-state index is 5.36. The predicted octanol–water partition coefficient (Wildman–Crippen LogP) is 1.03. The summed E-state index contributed by atoms with van der Waals surface area (Å²) < 4.78 is 5.29. The second kappa shape index (κ2) is 5.59. The van der Waals surface area contributed by atoms with E-state index in [9.17, 15) is 0 Å². The average molecular weight is 198 g/mol. The number of nitrogens with two attached hydrogens (primary N) is 1. The first-order chi connectivity index (χ1) is 6.72. The minimum absolute atomic E-state index is 0.495. The van der Waals surface area contributed by atoms with Crippen molar-refractivity contribution in [3.8, 4) is 0 Å². The van der Waals surface area contributed by atoms with Gasteiger partial charge in [0.25, 0.3) is 0 Å². The van der Waals surface area contributed by atoms with Gasteiger partial charge in [0, 0.05) is 19.5 Å². The Labute approximate surface area is 84.1 Å². The molecule has 80 valence electrons. The molecular formula is C9H18N4O. The van der Waals surface area contributed by atoms with E-state index in [-0.39, 0.29) is 0 Å². The van der Waals surface area contributed by atoms with Crippen LogP contribution in [-0.4, -0.2) is 23.3 Å². The molecule has 1 aromatic heterocycles. The van der Waals surface area contributed by atoms with Crippen molar-refractivity contribution in [2.75, 3.05) is 18.4 Å². The van der Waals surface area contributed by atoms with Crippen LogP contribution in [0.25, 0.3) is 0 Å². The highest BCUT2D eigenvalue weighted by atomic mass is 16.4. The van der Waals surface area contributed by atoms with Gasteiger partial charge in [-0.05, 0) is 12.3 Å². The summed E-state index contributed by atoms with van der Waals surface area (Å²) in [5.41, 5.74) is 5.36. The Bertz CT molecular complexity index is 259. The highest BCUT2D eigenvalue weighted by Crippen LogP contribution is 2.06. The fourth-order valence-corrected chi connectivity index (χ4v) is 1.02. The molecule has 1 heterocycles. The van der Waals surface area contributed by atoms with E-state index in [1.165, 1.54) is 0 Å². The summed E-state index contributed by atoms with van der Waals surface area (Å²) in [5, 5.41) is 10.8. The number of nitrogens with one attached hydrogen (secondary N) is 1. The van der Waals surface area contributed by atoms with Gasteiger partial charge in [0.2, 0.25) is 5.89 Å². The van der Waals surface area contributed by atoms with Crippen LogP contribution < -0.4 is 11.1 Å². The van der Waals surface area contributed by atoms with Gasteiger partial charge < -0.3 is 15.5 Å². The maximum Gasteiger partial charge on any atom is 0.315 e. The van der Waals surface area contributed by atoms with Crippen LogP contribution in [-0.2, 0) is 6.42 Å². The second-order valence-corrected chi connectivity index (χ2v) is 3.65. The predicted molar refractivity (Wildman–Crippen MR) is 55.0 cm³/mol. The number of aromatic nitrogens is 2. The molecule has 0 aliphatic heterocycles. The van der Waals surface area contributed by atoms with Gasteiger partial charge >= 0.3 is 6.01 Å². The van der Waals surface area contributed by atoms with Crippen molar-refractivity contribution in [3.63, 3.8) is 0 Å². The van der Waals surface area contributed by atoms with Gasteiger partial charge in [-0.3, -0.25) is 0 Å². The number of anilines is 1. The van der Waals surface area contributed by atoms with Crippen LogP contribution in [0.1, 0.15) is 26.2 Å². The molecule has 0 atom stereocenters. The van der Waals surface area contributed by atoms with Crippen molar-refractivity contribution in [1.82, 2.24) is 10.2 Å². The molecule has 0 fully saturated rings. The standard InChI is InChI=1S/C9H18N4O/c1-7(2)4-6-11-9-13-12-8(14-9)3-5-10/h7H,3-6,10H2,1-2H3,(H,11,13). The molecule has 0 aromatic carbocycles. The SMILES string of the molecule is CC(C)CCNc1nnc(CCN)o1. The lowest BCUT2D eigenvalue weighted by Gasteiger charge is -2.03. The first-order valence-corrected chi connectivity index (χ1v) is 4.98. The summed E-state index contributed by atoms with van der Waals surface area (Å²) in [5.74, 6) is 1.27. The third-order valence-corrected chi connectivity index (χ3v) is 1.82. The van der Waals surface area contributed by atoms with E-state index in [0.29, 0.717) is 30.8 Å². The Balaban J connectivity index is 2.28. The Morgan fingerprint density at radius 2 is 2.21 bits per heavy atom. The highest BCUT2D eigenvalue weighted by molar-refractivity contribution is 5.16. The lowest BCUT2D eigenvalue weighted by Crippen LogP contribution is -2.04. The van der Waals surface area contributed by atoms with Crippen LogP contribution in [0.5, 0.6) is 0 Å². The Morgan fingerprint density at radius 1 is 1.43 bits per heavy atom. The molecule has 1 aromatic rings. The number of rotatable bonds is 6. The minimum atomic E-state index is 0.495. The van der Waals surface area contributed by atoms with E-state index in [1.807, 2.05) is 0 Å². The number of nitrogens with zero attached hydrogens (tertiary/aromatic N) is 2. The molecule has 0 aliphatic rings. The highest BCUT2D eigenvalue weighted by Gasteiger charge is 2.03. The van der Waals surface area contributed by atoms with Crippen molar-refractivity contribution in [3.05, 3.63) is 5.89 Å². The molecule has 0 radical (unpaired) electrons. The quantitative estimate of drug-likeness (QED) is 0.714.